The SMILES string of the molecule is CCCCCCC(C)OC(=O)[C@@H](O)CN. The van der Waals surface area contributed by atoms with Crippen molar-refractivity contribution in [1.29, 1.82) is 0 Å². The molecule has 3 N–H and O–H groups in total. The third-order valence-electron chi connectivity index (χ3n) is 2.28. The predicted octanol–water partition coefficient (Wildman–Crippen LogP) is 1.21. The number of rotatable bonds is 8. The first-order valence-corrected chi connectivity index (χ1v) is 5.70. The molecule has 0 aromatic heterocycles. The number of carbonyl (C=O) groups is 1. The van der Waals surface area contributed by atoms with Gasteiger partial charge in [0.25, 0.3) is 0 Å². The van der Waals surface area contributed by atoms with Crippen LogP contribution in [0.4, 0.5) is 0 Å². The van der Waals surface area contributed by atoms with E-state index in [1.165, 1.54) is 12.8 Å². The van der Waals surface area contributed by atoms with Crippen LogP contribution in [-0.2, 0) is 9.53 Å². The number of ether oxygens (including phenoxy) is 1. The Labute approximate surface area is 91.8 Å². The molecular formula is C11H23NO3. The molecule has 0 aromatic rings. The van der Waals surface area contributed by atoms with Crippen molar-refractivity contribution in [2.24, 2.45) is 5.73 Å². The van der Waals surface area contributed by atoms with E-state index in [4.69, 9.17) is 15.6 Å². The normalized spacial score (nSPS) is 14.7. The van der Waals surface area contributed by atoms with Gasteiger partial charge in [-0.25, -0.2) is 4.79 Å². The van der Waals surface area contributed by atoms with E-state index in [1.54, 1.807) is 0 Å². The smallest absolute Gasteiger partial charge is 0.336 e. The number of nitrogens with two attached hydrogens (primary N) is 1. The first-order chi connectivity index (χ1) is 7.11. The lowest BCUT2D eigenvalue weighted by molar-refractivity contribution is -0.157. The third-order valence-corrected chi connectivity index (χ3v) is 2.28. The molecule has 0 bridgehead atoms. The van der Waals surface area contributed by atoms with Gasteiger partial charge in [0, 0.05) is 6.54 Å². The lowest BCUT2D eigenvalue weighted by Crippen LogP contribution is -2.33. The molecule has 0 rings (SSSR count). The summed E-state index contributed by atoms with van der Waals surface area (Å²) in [5, 5.41) is 9.09. The molecule has 0 aliphatic heterocycles. The van der Waals surface area contributed by atoms with Crippen molar-refractivity contribution in [1.82, 2.24) is 0 Å². The van der Waals surface area contributed by atoms with Crippen molar-refractivity contribution in [2.75, 3.05) is 6.54 Å². The Kier molecular flexibility index (Phi) is 8.33. The Morgan fingerprint density at radius 1 is 1.40 bits per heavy atom. The van der Waals surface area contributed by atoms with Gasteiger partial charge in [0.05, 0.1) is 6.10 Å². The molecule has 4 nitrogen and oxygen atoms in total. The molecule has 0 aliphatic carbocycles. The summed E-state index contributed by atoms with van der Waals surface area (Å²) in [6.07, 6.45) is 4.17. The van der Waals surface area contributed by atoms with Crippen molar-refractivity contribution in [3.05, 3.63) is 0 Å². The molecule has 4 heteroatoms. The van der Waals surface area contributed by atoms with Crippen molar-refractivity contribution < 1.29 is 14.6 Å². The number of aliphatic hydroxyl groups is 1. The highest BCUT2D eigenvalue weighted by Gasteiger charge is 2.17. The van der Waals surface area contributed by atoms with E-state index in [0.29, 0.717) is 0 Å². The molecule has 0 fully saturated rings. The summed E-state index contributed by atoms with van der Waals surface area (Å²) in [5.41, 5.74) is 5.14. The van der Waals surface area contributed by atoms with Crippen LogP contribution in [0.1, 0.15) is 46.0 Å². The maximum atomic E-state index is 11.1. The third kappa shape index (κ3) is 7.33. The Hall–Kier alpha value is -0.610. The number of unbranched alkanes of at least 4 members (excludes halogenated alkanes) is 3. The summed E-state index contributed by atoms with van der Waals surface area (Å²) in [6.45, 7) is 3.91. The van der Waals surface area contributed by atoms with E-state index in [-0.39, 0.29) is 12.6 Å². The Bertz CT molecular complexity index is 173. The minimum Gasteiger partial charge on any atom is -0.461 e. The zero-order valence-corrected chi connectivity index (χ0v) is 9.74. The van der Waals surface area contributed by atoms with Crippen LogP contribution >= 0.6 is 0 Å². The maximum absolute atomic E-state index is 11.1. The summed E-state index contributed by atoms with van der Waals surface area (Å²) in [6, 6.07) is 0. The summed E-state index contributed by atoms with van der Waals surface area (Å²) in [7, 11) is 0. The van der Waals surface area contributed by atoms with E-state index >= 15 is 0 Å². The quantitative estimate of drug-likeness (QED) is 0.473. The maximum Gasteiger partial charge on any atom is 0.336 e. The van der Waals surface area contributed by atoms with Crippen LogP contribution < -0.4 is 5.73 Å². The molecule has 0 aliphatic rings. The van der Waals surface area contributed by atoms with Gasteiger partial charge in [-0.3, -0.25) is 0 Å². The van der Waals surface area contributed by atoms with Gasteiger partial charge < -0.3 is 15.6 Å². The molecule has 2 atom stereocenters. The number of hydrogen-bond acceptors (Lipinski definition) is 4. The van der Waals surface area contributed by atoms with Crippen LogP contribution in [0.2, 0.25) is 0 Å². The van der Waals surface area contributed by atoms with Gasteiger partial charge in [0.1, 0.15) is 0 Å². The summed E-state index contributed by atoms with van der Waals surface area (Å²) in [4.78, 5) is 11.1. The minimum absolute atomic E-state index is 0.0820. The Morgan fingerprint density at radius 3 is 2.60 bits per heavy atom. The topological polar surface area (TPSA) is 72.5 Å². The van der Waals surface area contributed by atoms with E-state index in [9.17, 15) is 4.79 Å². The van der Waals surface area contributed by atoms with E-state index in [0.717, 1.165) is 19.3 Å². The van der Waals surface area contributed by atoms with Gasteiger partial charge in [-0.2, -0.15) is 0 Å². The summed E-state index contributed by atoms with van der Waals surface area (Å²) in [5.74, 6) is -0.611. The van der Waals surface area contributed by atoms with Crippen LogP contribution in [0.5, 0.6) is 0 Å². The van der Waals surface area contributed by atoms with Gasteiger partial charge in [-0.15, -0.1) is 0 Å². The first kappa shape index (κ1) is 14.4. The molecule has 0 radical (unpaired) electrons. The minimum atomic E-state index is -1.18. The highest BCUT2D eigenvalue weighted by Crippen LogP contribution is 2.08. The molecule has 0 saturated heterocycles. The fraction of sp³-hybridized carbons (Fsp3) is 0.909. The zero-order chi connectivity index (χ0) is 11.7. The molecular weight excluding hydrogens is 194 g/mol. The second-order valence-corrected chi connectivity index (χ2v) is 3.85. The van der Waals surface area contributed by atoms with Gasteiger partial charge >= 0.3 is 5.97 Å². The van der Waals surface area contributed by atoms with Crippen molar-refractivity contribution >= 4 is 5.97 Å². The van der Waals surface area contributed by atoms with Crippen LogP contribution in [0.15, 0.2) is 0 Å². The fourth-order valence-electron chi connectivity index (χ4n) is 1.29. The van der Waals surface area contributed by atoms with Crippen LogP contribution in [0.3, 0.4) is 0 Å². The van der Waals surface area contributed by atoms with Gasteiger partial charge in [0.15, 0.2) is 6.10 Å². The highest BCUT2D eigenvalue weighted by atomic mass is 16.6. The first-order valence-electron chi connectivity index (χ1n) is 5.70. The second-order valence-electron chi connectivity index (χ2n) is 3.85. The molecule has 1 unspecified atom stereocenters. The van der Waals surface area contributed by atoms with E-state index in [1.807, 2.05) is 6.92 Å². The molecule has 0 saturated carbocycles. The van der Waals surface area contributed by atoms with Crippen LogP contribution in [0.25, 0.3) is 0 Å². The predicted molar refractivity (Wildman–Crippen MR) is 59.4 cm³/mol. The molecule has 0 heterocycles. The average molecular weight is 217 g/mol. The number of esters is 1. The summed E-state index contributed by atoms with van der Waals surface area (Å²) < 4.78 is 5.01. The molecule has 0 amide bonds. The fourth-order valence-corrected chi connectivity index (χ4v) is 1.29. The average Bonchev–Trinajstić information content (AvgIpc) is 2.23. The van der Waals surface area contributed by atoms with Crippen LogP contribution in [-0.4, -0.2) is 29.8 Å². The zero-order valence-electron chi connectivity index (χ0n) is 9.74. The van der Waals surface area contributed by atoms with E-state index < -0.39 is 12.1 Å². The van der Waals surface area contributed by atoms with Gasteiger partial charge in [0.2, 0.25) is 0 Å². The molecule has 0 spiro atoms. The van der Waals surface area contributed by atoms with Crippen molar-refractivity contribution in [2.45, 2.75) is 58.2 Å². The Morgan fingerprint density at radius 2 is 2.07 bits per heavy atom. The number of aliphatic hydroxyl groups excluding tert-OH is 1. The van der Waals surface area contributed by atoms with Crippen molar-refractivity contribution in [3.63, 3.8) is 0 Å². The number of carbonyl (C=O) groups excluding carboxylic acids is 1. The lowest BCUT2D eigenvalue weighted by Gasteiger charge is -2.15. The molecule has 0 aromatic carbocycles. The van der Waals surface area contributed by atoms with E-state index in [2.05, 4.69) is 6.92 Å². The lowest BCUT2D eigenvalue weighted by atomic mass is 10.1. The molecule has 90 valence electrons. The monoisotopic (exact) mass is 217 g/mol. The number of hydrogen-bond donors (Lipinski definition) is 2. The van der Waals surface area contributed by atoms with Crippen LogP contribution in [0, 0.1) is 0 Å². The second kappa shape index (κ2) is 8.68. The van der Waals surface area contributed by atoms with Gasteiger partial charge in [-0.05, 0) is 19.8 Å². The molecule has 15 heavy (non-hydrogen) atoms. The standard InChI is InChI=1S/C11H23NO3/c1-3-4-5-6-7-9(2)15-11(14)10(13)8-12/h9-10,13H,3-8,12H2,1-2H3/t9?,10-/m0/s1. The summed E-state index contributed by atoms with van der Waals surface area (Å²) >= 11 is 0. The largest absolute Gasteiger partial charge is 0.461 e. The Balaban J connectivity index is 3.55. The van der Waals surface area contributed by atoms with Crippen molar-refractivity contribution in [3.8, 4) is 0 Å². The van der Waals surface area contributed by atoms with Gasteiger partial charge in [-0.1, -0.05) is 26.2 Å². The highest BCUT2D eigenvalue weighted by molar-refractivity contribution is 5.74.